The van der Waals surface area contributed by atoms with Crippen LogP contribution in [-0.2, 0) is 6.42 Å². The highest BCUT2D eigenvalue weighted by atomic mass is 14.9. The van der Waals surface area contributed by atoms with Gasteiger partial charge in [-0.2, -0.15) is 0 Å². The largest absolute Gasteiger partial charge is 0.319 e. The van der Waals surface area contributed by atoms with E-state index < -0.39 is 0 Å². The smallest absolute Gasteiger partial charge is 0.130 e. The van der Waals surface area contributed by atoms with Crippen LogP contribution in [0.3, 0.4) is 0 Å². The molecule has 88 valence electrons. The van der Waals surface area contributed by atoms with Gasteiger partial charge in [-0.05, 0) is 32.2 Å². The van der Waals surface area contributed by atoms with Gasteiger partial charge in [0.15, 0.2) is 0 Å². The van der Waals surface area contributed by atoms with E-state index in [9.17, 15) is 0 Å². The van der Waals surface area contributed by atoms with Gasteiger partial charge in [0.1, 0.15) is 5.82 Å². The second-order valence-corrected chi connectivity index (χ2v) is 3.90. The van der Waals surface area contributed by atoms with E-state index in [1.807, 2.05) is 32.2 Å². The first-order valence-electron chi connectivity index (χ1n) is 5.69. The fourth-order valence-electron chi connectivity index (χ4n) is 1.65. The molecule has 0 saturated carbocycles. The molecule has 0 spiro atoms. The molecule has 0 aliphatic carbocycles. The molecule has 0 unspecified atom stereocenters. The van der Waals surface area contributed by atoms with Crippen molar-refractivity contribution in [2.24, 2.45) is 0 Å². The molecule has 0 amide bonds. The van der Waals surface area contributed by atoms with E-state index in [-0.39, 0.29) is 0 Å². The van der Waals surface area contributed by atoms with Crippen LogP contribution >= 0.6 is 0 Å². The lowest BCUT2D eigenvalue weighted by atomic mass is 10.1. The number of aryl methyl sites for hydroxylation is 1. The molecule has 2 heterocycles. The highest BCUT2D eigenvalue weighted by molar-refractivity contribution is 5.58. The van der Waals surface area contributed by atoms with Gasteiger partial charge in [0.25, 0.3) is 0 Å². The van der Waals surface area contributed by atoms with E-state index >= 15 is 0 Å². The SMILES string of the molecule is CNCCc1nc(C)cc(-c2ccncc2)n1. The molecule has 2 aromatic rings. The Labute approximate surface area is 101 Å². The fourth-order valence-corrected chi connectivity index (χ4v) is 1.65. The van der Waals surface area contributed by atoms with Gasteiger partial charge in [-0.1, -0.05) is 0 Å². The zero-order valence-corrected chi connectivity index (χ0v) is 10.1. The minimum atomic E-state index is 0.844. The fraction of sp³-hybridized carbons (Fsp3) is 0.308. The number of likely N-dealkylation sites (N-methyl/N-ethyl adjacent to an activating group) is 1. The van der Waals surface area contributed by atoms with Crippen LogP contribution in [0.4, 0.5) is 0 Å². The Bertz CT molecular complexity index is 482. The van der Waals surface area contributed by atoms with Crippen molar-refractivity contribution in [2.45, 2.75) is 13.3 Å². The summed E-state index contributed by atoms with van der Waals surface area (Å²) >= 11 is 0. The molecular formula is C13H16N4. The molecule has 2 aromatic heterocycles. The Balaban J connectivity index is 2.32. The third-order valence-electron chi connectivity index (χ3n) is 2.48. The predicted molar refractivity (Wildman–Crippen MR) is 67.6 cm³/mol. The van der Waals surface area contributed by atoms with E-state index in [1.165, 1.54) is 0 Å². The van der Waals surface area contributed by atoms with E-state index in [1.54, 1.807) is 12.4 Å². The maximum atomic E-state index is 4.56. The van der Waals surface area contributed by atoms with Gasteiger partial charge < -0.3 is 5.32 Å². The summed E-state index contributed by atoms with van der Waals surface area (Å²) < 4.78 is 0. The van der Waals surface area contributed by atoms with Crippen LogP contribution in [0.15, 0.2) is 30.6 Å². The highest BCUT2D eigenvalue weighted by Crippen LogP contribution is 2.16. The first kappa shape index (κ1) is 11.7. The summed E-state index contributed by atoms with van der Waals surface area (Å²) in [5, 5.41) is 3.10. The number of pyridine rings is 1. The van der Waals surface area contributed by atoms with E-state index in [4.69, 9.17) is 0 Å². The molecule has 0 aromatic carbocycles. The van der Waals surface area contributed by atoms with Crippen LogP contribution in [0.25, 0.3) is 11.3 Å². The van der Waals surface area contributed by atoms with E-state index in [0.29, 0.717) is 0 Å². The van der Waals surface area contributed by atoms with Crippen molar-refractivity contribution in [1.29, 1.82) is 0 Å². The maximum absolute atomic E-state index is 4.56. The van der Waals surface area contributed by atoms with Gasteiger partial charge in [-0.3, -0.25) is 4.98 Å². The number of rotatable bonds is 4. The normalized spacial score (nSPS) is 10.5. The van der Waals surface area contributed by atoms with Crippen LogP contribution in [0.2, 0.25) is 0 Å². The Morgan fingerprint density at radius 1 is 1.18 bits per heavy atom. The van der Waals surface area contributed by atoms with E-state index in [0.717, 1.165) is 35.7 Å². The maximum Gasteiger partial charge on any atom is 0.130 e. The lowest BCUT2D eigenvalue weighted by Gasteiger charge is -2.05. The quantitative estimate of drug-likeness (QED) is 0.863. The molecule has 1 N–H and O–H groups in total. The topological polar surface area (TPSA) is 50.7 Å². The van der Waals surface area contributed by atoms with Gasteiger partial charge in [0, 0.05) is 36.6 Å². The molecule has 0 bridgehead atoms. The first-order valence-corrected chi connectivity index (χ1v) is 5.69. The molecule has 0 aliphatic heterocycles. The Morgan fingerprint density at radius 3 is 2.65 bits per heavy atom. The van der Waals surface area contributed by atoms with Crippen LogP contribution in [0.1, 0.15) is 11.5 Å². The summed E-state index contributed by atoms with van der Waals surface area (Å²) in [7, 11) is 1.93. The van der Waals surface area contributed by atoms with Crippen LogP contribution in [0, 0.1) is 6.92 Å². The number of aromatic nitrogens is 3. The van der Waals surface area contributed by atoms with Crippen molar-refractivity contribution < 1.29 is 0 Å². The Morgan fingerprint density at radius 2 is 1.94 bits per heavy atom. The van der Waals surface area contributed by atoms with Crippen LogP contribution in [0.5, 0.6) is 0 Å². The second-order valence-electron chi connectivity index (χ2n) is 3.90. The average molecular weight is 228 g/mol. The predicted octanol–water partition coefficient (Wildman–Crippen LogP) is 1.61. The molecular weight excluding hydrogens is 212 g/mol. The second kappa shape index (κ2) is 5.50. The number of hydrogen-bond donors (Lipinski definition) is 1. The summed E-state index contributed by atoms with van der Waals surface area (Å²) in [6.07, 6.45) is 4.40. The minimum Gasteiger partial charge on any atom is -0.319 e. The van der Waals surface area contributed by atoms with Crippen molar-refractivity contribution in [1.82, 2.24) is 20.3 Å². The zero-order chi connectivity index (χ0) is 12.1. The van der Waals surface area contributed by atoms with Gasteiger partial charge in [0.2, 0.25) is 0 Å². The summed E-state index contributed by atoms with van der Waals surface area (Å²) in [6, 6.07) is 5.92. The van der Waals surface area contributed by atoms with Crippen molar-refractivity contribution >= 4 is 0 Å². The third kappa shape index (κ3) is 3.07. The van der Waals surface area contributed by atoms with Crippen molar-refractivity contribution in [2.75, 3.05) is 13.6 Å². The minimum absolute atomic E-state index is 0.844. The van der Waals surface area contributed by atoms with Crippen molar-refractivity contribution in [3.8, 4) is 11.3 Å². The van der Waals surface area contributed by atoms with E-state index in [2.05, 4.69) is 20.3 Å². The monoisotopic (exact) mass is 228 g/mol. The lowest BCUT2D eigenvalue weighted by Crippen LogP contribution is -2.12. The number of nitrogens with zero attached hydrogens (tertiary/aromatic N) is 3. The molecule has 4 heteroatoms. The average Bonchev–Trinajstić information content (AvgIpc) is 2.37. The standard InChI is InChI=1S/C13H16N4/c1-10-9-12(11-3-7-15-8-4-11)17-13(16-10)5-6-14-2/h3-4,7-9,14H,5-6H2,1-2H3. The molecule has 2 rings (SSSR count). The third-order valence-corrected chi connectivity index (χ3v) is 2.48. The molecule has 0 atom stereocenters. The first-order chi connectivity index (χ1) is 8.29. The molecule has 0 saturated heterocycles. The van der Waals surface area contributed by atoms with Crippen molar-refractivity contribution in [3.63, 3.8) is 0 Å². The zero-order valence-electron chi connectivity index (χ0n) is 10.1. The van der Waals surface area contributed by atoms with Gasteiger partial charge in [-0.15, -0.1) is 0 Å². The van der Waals surface area contributed by atoms with Crippen molar-refractivity contribution in [3.05, 3.63) is 42.1 Å². The summed E-state index contributed by atoms with van der Waals surface area (Å²) in [4.78, 5) is 13.0. The summed E-state index contributed by atoms with van der Waals surface area (Å²) in [5.41, 5.74) is 3.04. The lowest BCUT2D eigenvalue weighted by molar-refractivity contribution is 0.752. The van der Waals surface area contributed by atoms with Crippen LogP contribution < -0.4 is 5.32 Å². The molecule has 0 aliphatic rings. The Kier molecular flexibility index (Phi) is 3.77. The van der Waals surface area contributed by atoms with Gasteiger partial charge in [-0.25, -0.2) is 9.97 Å². The number of nitrogens with one attached hydrogen (secondary N) is 1. The molecule has 0 fully saturated rings. The van der Waals surface area contributed by atoms with Gasteiger partial charge in [0.05, 0.1) is 5.69 Å². The van der Waals surface area contributed by atoms with Crippen LogP contribution in [-0.4, -0.2) is 28.5 Å². The summed E-state index contributed by atoms with van der Waals surface area (Å²) in [6.45, 7) is 2.88. The number of hydrogen-bond acceptors (Lipinski definition) is 4. The molecule has 0 radical (unpaired) electrons. The molecule has 4 nitrogen and oxygen atoms in total. The highest BCUT2D eigenvalue weighted by Gasteiger charge is 2.04. The summed E-state index contributed by atoms with van der Waals surface area (Å²) in [5.74, 6) is 0.881. The molecule has 17 heavy (non-hydrogen) atoms. The Hall–Kier alpha value is -1.81. The van der Waals surface area contributed by atoms with Gasteiger partial charge >= 0.3 is 0 Å².